The quantitative estimate of drug-likeness (QED) is 0.489. The SMILES string of the molecule is CCOC(=O)[C@@H]1C(c2cccc(OCCOC)c2)CCN(C(=O)OC(C)(C)C)[C@@H]1C. The van der Waals surface area contributed by atoms with Gasteiger partial charge in [-0.25, -0.2) is 4.79 Å². The van der Waals surface area contributed by atoms with Gasteiger partial charge in [0.25, 0.3) is 0 Å². The summed E-state index contributed by atoms with van der Waals surface area (Å²) in [6, 6.07) is 7.41. The van der Waals surface area contributed by atoms with Crippen LogP contribution in [-0.2, 0) is 19.0 Å². The Hall–Kier alpha value is -2.28. The summed E-state index contributed by atoms with van der Waals surface area (Å²) >= 11 is 0. The van der Waals surface area contributed by atoms with E-state index < -0.39 is 17.6 Å². The van der Waals surface area contributed by atoms with Crippen molar-refractivity contribution in [2.45, 2.75) is 58.6 Å². The number of carbonyl (C=O) groups excluding carboxylic acids is 2. The van der Waals surface area contributed by atoms with E-state index in [2.05, 4.69) is 0 Å². The summed E-state index contributed by atoms with van der Waals surface area (Å²) in [6.45, 7) is 10.9. The van der Waals surface area contributed by atoms with Crippen LogP contribution in [0.2, 0.25) is 0 Å². The number of piperidine rings is 1. The molecule has 0 bridgehead atoms. The van der Waals surface area contributed by atoms with Crippen molar-refractivity contribution in [3.8, 4) is 5.75 Å². The molecule has 0 aromatic heterocycles. The maximum atomic E-state index is 12.9. The Morgan fingerprint density at radius 3 is 2.57 bits per heavy atom. The van der Waals surface area contributed by atoms with E-state index in [-0.39, 0.29) is 17.9 Å². The third-order valence-corrected chi connectivity index (χ3v) is 5.16. The van der Waals surface area contributed by atoms with Crippen molar-refractivity contribution < 1.29 is 28.5 Å². The Balaban J connectivity index is 2.26. The van der Waals surface area contributed by atoms with Crippen LogP contribution in [0, 0.1) is 5.92 Å². The minimum atomic E-state index is -0.596. The predicted octanol–water partition coefficient (Wildman–Crippen LogP) is 4.00. The molecule has 1 aliphatic rings. The number of hydrogen-bond acceptors (Lipinski definition) is 6. The van der Waals surface area contributed by atoms with Gasteiger partial charge in [-0.15, -0.1) is 0 Å². The van der Waals surface area contributed by atoms with Crippen molar-refractivity contribution in [3.05, 3.63) is 29.8 Å². The first kappa shape index (κ1) is 24.0. The molecule has 3 atom stereocenters. The fraction of sp³-hybridized carbons (Fsp3) is 0.652. The van der Waals surface area contributed by atoms with Crippen LogP contribution >= 0.6 is 0 Å². The molecule has 2 rings (SSSR count). The molecule has 1 aromatic carbocycles. The Morgan fingerprint density at radius 1 is 1.20 bits per heavy atom. The first-order chi connectivity index (χ1) is 14.2. The summed E-state index contributed by atoms with van der Waals surface area (Å²) in [7, 11) is 1.63. The average molecular weight is 422 g/mol. The lowest BCUT2D eigenvalue weighted by molar-refractivity contribution is -0.152. The fourth-order valence-electron chi connectivity index (χ4n) is 3.82. The number of amides is 1. The lowest BCUT2D eigenvalue weighted by Gasteiger charge is -2.43. The van der Waals surface area contributed by atoms with E-state index in [1.165, 1.54) is 0 Å². The van der Waals surface area contributed by atoms with Gasteiger partial charge in [-0.1, -0.05) is 12.1 Å². The number of rotatable bonds is 7. The molecule has 1 aromatic rings. The van der Waals surface area contributed by atoms with Crippen LogP contribution in [0.3, 0.4) is 0 Å². The topological polar surface area (TPSA) is 74.3 Å². The second-order valence-electron chi connectivity index (χ2n) is 8.50. The Bertz CT molecular complexity index is 714. The third-order valence-electron chi connectivity index (χ3n) is 5.16. The highest BCUT2D eigenvalue weighted by Gasteiger charge is 2.44. The van der Waals surface area contributed by atoms with Crippen molar-refractivity contribution in [2.75, 3.05) is 33.5 Å². The molecule has 0 spiro atoms. The lowest BCUT2D eigenvalue weighted by atomic mass is 9.76. The van der Waals surface area contributed by atoms with Crippen molar-refractivity contribution in [2.24, 2.45) is 5.92 Å². The number of methoxy groups -OCH3 is 1. The van der Waals surface area contributed by atoms with E-state index >= 15 is 0 Å². The van der Waals surface area contributed by atoms with Crippen LogP contribution in [-0.4, -0.2) is 62.1 Å². The van der Waals surface area contributed by atoms with Gasteiger partial charge in [0.2, 0.25) is 0 Å². The molecule has 1 heterocycles. The second kappa shape index (κ2) is 10.7. The Kier molecular flexibility index (Phi) is 8.53. The number of nitrogens with zero attached hydrogens (tertiary/aromatic N) is 1. The van der Waals surface area contributed by atoms with Crippen molar-refractivity contribution in [1.29, 1.82) is 0 Å². The van der Waals surface area contributed by atoms with Gasteiger partial charge in [0, 0.05) is 25.6 Å². The molecular formula is C23H35NO6. The molecule has 0 saturated carbocycles. The summed E-state index contributed by atoms with van der Waals surface area (Å²) < 4.78 is 21.7. The summed E-state index contributed by atoms with van der Waals surface area (Å²) in [4.78, 5) is 27.2. The van der Waals surface area contributed by atoms with Crippen LogP contribution in [0.5, 0.6) is 5.75 Å². The Labute approximate surface area is 179 Å². The molecule has 7 heteroatoms. The standard InChI is InChI=1S/C23H35NO6/c1-7-28-21(25)20-16(2)24(22(26)30-23(3,4)5)12-11-19(20)17-9-8-10-18(15-17)29-14-13-27-6/h8-10,15-16,19-20H,7,11-14H2,1-6H3/t16-,19?,20+/m1/s1. The lowest BCUT2D eigenvalue weighted by Crippen LogP contribution is -2.53. The monoisotopic (exact) mass is 421 g/mol. The van der Waals surface area contributed by atoms with E-state index in [9.17, 15) is 9.59 Å². The zero-order valence-corrected chi connectivity index (χ0v) is 19.0. The number of carbonyl (C=O) groups is 2. The van der Waals surface area contributed by atoms with E-state index in [0.29, 0.717) is 32.8 Å². The van der Waals surface area contributed by atoms with Gasteiger partial charge < -0.3 is 23.8 Å². The highest BCUT2D eigenvalue weighted by molar-refractivity contribution is 5.77. The highest BCUT2D eigenvalue weighted by Crippen LogP contribution is 2.39. The molecule has 168 valence electrons. The molecule has 7 nitrogen and oxygen atoms in total. The molecule has 1 aliphatic heterocycles. The molecule has 0 radical (unpaired) electrons. The number of likely N-dealkylation sites (tertiary alicyclic amines) is 1. The summed E-state index contributed by atoms with van der Waals surface area (Å²) in [5.41, 5.74) is 0.402. The van der Waals surface area contributed by atoms with Crippen molar-refractivity contribution in [3.63, 3.8) is 0 Å². The normalized spacial score (nSPS) is 21.8. The maximum absolute atomic E-state index is 12.9. The predicted molar refractivity (Wildman–Crippen MR) is 114 cm³/mol. The fourth-order valence-corrected chi connectivity index (χ4v) is 3.82. The van der Waals surface area contributed by atoms with Crippen LogP contribution in [0.4, 0.5) is 4.79 Å². The molecule has 1 unspecified atom stereocenters. The van der Waals surface area contributed by atoms with Gasteiger partial charge in [0.1, 0.15) is 18.0 Å². The molecule has 1 saturated heterocycles. The minimum absolute atomic E-state index is 0.0799. The number of benzene rings is 1. The molecule has 0 N–H and O–H groups in total. The summed E-state index contributed by atoms with van der Waals surface area (Å²) in [5, 5.41) is 0. The molecular weight excluding hydrogens is 386 g/mol. The maximum Gasteiger partial charge on any atom is 0.410 e. The molecule has 0 aliphatic carbocycles. The van der Waals surface area contributed by atoms with E-state index in [0.717, 1.165) is 11.3 Å². The van der Waals surface area contributed by atoms with Gasteiger partial charge in [-0.2, -0.15) is 0 Å². The first-order valence-electron chi connectivity index (χ1n) is 10.6. The second-order valence-corrected chi connectivity index (χ2v) is 8.50. The van der Waals surface area contributed by atoms with Gasteiger partial charge in [-0.05, 0) is 58.7 Å². The van der Waals surface area contributed by atoms with Gasteiger partial charge in [-0.3, -0.25) is 4.79 Å². The third kappa shape index (κ3) is 6.36. The zero-order chi connectivity index (χ0) is 22.3. The van der Waals surface area contributed by atoms with Gasteiger partial charge >= 0.3 is 12.1 Å². The number of hydrogen-bond donors (Lipinski definition) is 0. The van der Waals surface area contributed by atoms with E-state index in [1.54, 1.807) is 18.9 Å². The van der Waals surface area contributed by atoms with Crippen LogP contribution in [0.1, 0.15) is 52.5 Å². The Morgan fingerprint density at radius 2 is 1.93 bits per heavy atom. The molecule has 1 amide bonds. The summed E-state index contributed by atoms with van der Waals surface area (Å²) in [6.07, 6.45) is 0.230. The van der Waals surface area contributed by atoms with E-state index in [1.807, 2.05) is 52.0 Å². The van der Waals surface area contributed by atoms with E-state index in [4.69, 9.17) is 18.9 Å². The molecule has 1 fully saturated rings. The number of ether oxygens (including phenoxy) is 4. The number of esters is 1. The van der Waals surface area contributed by atoms with Crippen molar-refractivity contribution >= 4 is 12.1 Å². The minimum Gasteiger partial charge on any atom is -0.491 e. The zero-order valence-electron chi connectivity index (χ0n) is 19.0. The first-order valence-corrected chi connectivity index (χ1v) is 10.6. The van der Waals surface area contributed by atoms with Gasteiger partial charge in [0.15, 0.2) is 0 Å². The highest BCUT2D eigenvalue weighted by atomic mass is 16.6. The van der Waals surface area contributed by atoms with Crippen LogP contribution in [0.25, 0.3) is 0 Å². The van der Waals surface area contributed by atoms with Crippen LogP contribution < -0.4 is 4.74 Å². The van der Waals surface area contributed by atoms with Crippen LogP contribution in [0.15, 0.2) is 24.3 Å². The van der Waals surface area contributed by atoms with Gasteiger partial charge in [0.05, 0.1) is 19.1 Å². The summed E-state index contributed by atoms with van der Waals surface area (Å²) in [5.74, 6) is -0.132. The largest absolute Gasteiger partial charge is 0.491 e. The average Bonchev–Trinajstić information content (AvgIpc) is 2.66. The molecule has 30 heavy (non-hydrogen) atoms. The van der Waals surface area contributed by atoms with Crippen molar-refractivity contribution in [1.82, 2.24) is 4.90 Å². The smallest absolute Gasteiger partial charge is 0.410 e.